The monoisotopic (exact) mass is 257 g/mol. The van der Waals surface area contributed by atoms with Gasteiger partial charge in [0, 0.05) is 35.0 Å². The number of Topliss-reactive ketones (excluding diaryl/α,β-unsaturated/α-hetero) is 1. The standard InChI is InChI=1S/C15H15NO3/c1-8-3-4-11-10(5-8)14-12(16-11)6-9(7-13(14)17)15(18)19-2/h3-5,9,16H,6-7H2,1-2H3. The lowest BCUT2D eigenvalue weighted by atomic mass is 9.86. The van der Waals surface area contributed by atoms with Crippen LogP contribution in [0.25, 0.3) is 10.9 Å². The minimum atomic E-state index is -0.362. The van der Waals surface area contributed by atoms with E-state index in [4.69, 9.17) is 4.74 Å². The van der Waals surface area contributed by atoms with E-state index in [-0.39, 0.29) is 24.1 Å². The SMILES string of the molecule is COC(=O)C1CC(=O)c2c([nH]c3ccc(C)cc23)C1. The molecule has 3 rings (SSSR count). The molecule has 1 aromatic heterocycles. The number of hydrogen-bond donors (Lipinski definition) is 1. The van der Waals surface area contributed by atoms with Crippen LogP contribution in [0.15, 0.2) is 18.2 Å². The second-order valence-corrected chi connectivity index (χ2v) is 5.08. The zero-order valence-corrected chi connectivity index (χ0v) is 10.9. The molecular formula is C15H15NO3. The summed E-state index contributed by atoms with van der Waals surface area (Å²) < 4.78 is 4.74. The first kappa shape index (κ1) is 12.0. The van der Waals surface area contributed by atoms with Crippen LogP contribution in [0.5, 0.6) is 0 Å². The molecule has 1 aliphatic rings. The molecule has 1 unspecified atom stereocenters. The number of rotatable bonds is 1. The van der Waals surface area contributed by atoms with E-state index in [2.05, 4.69) is 4.98 Å². The number of esters is 1. The number of aryl methyl sites for hydroxylation is 1. The van der Waals surface area contributed by atoms with Crippen molar-refractivity contribution in [3.05, 3.63) is 35.0 Å². The molecule has 0 fully saturated rings. The number of ketones is 1. The molecule has 1 heterocycles. The molecule has 0 saturated carbocycles. The molecule has 0 radical (unpaired) electrons. The van der Waals surface area contributed by atoms with Gasteiger partial charge in [-0.2, -0.15) is 0 Å². The van der Waals surface area contributed by atoms with Crippen molar-refractivity contribution in [1.82, 2.24) is 4.98 Å². The van der Waals surface area contributed by atoms with Crippen molar-refractivity contribution in [2.45, 2.75) is 19.8 Å². The molecule has 98 valence electrons. The van der Waals surface area contributed by atoms with Crippen LogP contribution >= 0.6 is 0 Å². The predicted molar refractivity (Wildman–Crippen MR) is 71.2 cm³/mol. The van der Waals surface area contributed by atoms with Gasteiger partial charge in [0.25, 0.3) is 0 Å². The first-order valence-electron chi connectivity index (χ1n) is 6.32. The number of carbonyl (C=O) groups is 2. The Morgan fingerprint density at radius 1 is 1.37 bits per heavy atom. The lowest BCUT2D eigenvalue weighted by molar-refractivity contribution is -0.145. The lowest BCUT2D eigenvalue weighted by Crippen LogP contribution is -2.27. The van der Waals surface area contributed by atoms with Crippen molar-refractivity contribution in [3.8, 4) is 0 Å². The largest absolute Gasteiger partial charge is 0.469 e. The van der Waals surface area contributed by atoms with Crippen molar-refractivity contribution in [2.75, 3.05) is 7.11 Å². The lowest BCUT2D eigenvalue weighted by Gasteiger charge is -2.19. The van der Waals surface area contributed by atoms with Gasteiger partial charge in [-0.05, 0) is 19.1 Å². The fourth-order valence-electron chi connectivity index (χ4n) is 2.81. The quantitative estimate of drug-likeness (QED) is 0.798. The van der Waals surface area contributed by atoms with Gasteiger partial charge < -0.3 is 9.72 Å². The van der Waals surface area contributed by atoms with E-state index >= 15 is 0 Å². The van der Waals surface area contributed by atoms with Crippen LogP contribution in [0, 0.1) is 12.8 Å². The van der Waals surface area contributed by atoms with E-state index in [0.29, 0.717) is 6.42 Å². The molecule has 4 nitrogen and oxygen atoms in total. The summed E-state index contributed by atoms with van der Waals surface area (Å²) in [6.07, 6.45) is 0.780. The second kappa shape index (κ2) is 4.23. The van der Waals surface area contributed by atoms with Crippen LogP contribution in [0.1, 0.15) is 28.0 Å². The Kier molecular flexibility index (Phi) is 2.66. The molecule has 0 bridgehead atoms. The van der Waals surface area contributed by atoms with Gasteiger partial charge in [-0.25, -0.2) is 0 Å². The molecule has 1 aliphatic carbocycles. The summed E-state index contributed by atoms with van der Waals surface area (Å²) in [5, 5.41) is 0.961. The van der Waals surface area contributed by atoms with Gasteiger partial charge in [0.15, 0.2) is 5.78 Å². The molecule has 0 saturated heterocycles. The van der Waals surface area contributed by atoms with Crippen molar-refractivity contribution in [2.24, 2.45) is 5.92 Å². The topological polar surface area (TPSA) is 59.2 Å². The third-order valence-electron chi connectivity index (χ3n) is 3.73. The third kappa shape index (κ3) is 1.84. The summed E-state index contributed by atoms with van der Waals surface area (Å²) in [6, 6.07) is 6.00. The van der Waals surface area contributed by atoms with Crippen molar-refractivity contribution in [1.29, 1.82) is 0 Å². The Morgan fingerprint density at radius 3 is 2.89 bits per heavy atom. The number of methoxy groups -OCH3 is 1. The highest BCUT2D eigenvalue weighted by molar-refractivity contribution is 6.11. The number of fused-ring (bicyclic) bond motifs is 3. The minimum Gasteiger partial charge on any atom is -0.469 e. The van der Waals surface area contributed by atoms with E-state index in [1.807, 2.05) is 25.1 Å². The first-order chi connectivity index (χ1) is 9.10. The van der Waals surface area contributed by atoms with E-state index in [9.17, 15) is 9.59 Å². The molecule has 4 heteroatoms. The average molecular weight is 257 g/mol. The average Bonchev–Trinajstić information content (AvgIpc) is 2.75. The molecular weight excluding hydrogens is 242 g/mol. The number of benzene rings is 1. The molecule has 1 aromatic carbocycles. The van der Waals surface area contributed by atoms with Crippen LogP contribution in [0.3, 0.4) is 0 Å². The van der Waals surface area contributed by atoms with Gasteiger partial charge in [-0.3, -0.25) is 9.59 Å². The number of nitrogens with one attached hydrogen (secondary N) is 1. The summed E-state index contributed by atoms with van der Waals surface area (Å²) in [5.74, 6) is -0.651. The maximum atomic E-state index is 12.3. The van der Waals surface area contributed by atoms with Crippen LogP contribution in [-0.4, -0.2) is 23.8 Å². The Morgan fingerprint density at radius 2 is 2.16 bits per heavy atom. The van der Waals surface area contributed by atoms with E-state index < -0.39 is 0 Å². The molecule has 1 atom stereocenters. The number of hydrogen-bond acceptors (Lipinski definition) is 3. The van der Waals surface area contributed by atoms with Crippen molar-refractivity contribution >= 4 is 22.7 Å². The molecule has 0 aliphatic heterocycles. The Labute approximate surface area is 110 Å². The third-order valence-corrected chi connectivity index (χ3v) is 3.73. The van der Waals surface area contributed by atoms with Gasteiger partial charge in [-0.15, -0.1) is 0 Å². The molecule has 19 heavy (non-hydrogen) atoms. The van der Waals surface area contributed by atoms with Crippen molar-refractivity contribution in [3.63, 3.8) is 0 Å². The molecule has 0 spiro atoms. The van der Waals surface area contributed by atoms with Gasteiger partial charge in [-0.1, -0.05) is 11.6 Å². The Hall–Kier alpha value is -2.10. The highest BCUT2D eigenvalue weighted by atomic mass is 16.5. The van der Waals surface area contributed by atoms with Gasteiger partial charge >= 0.3 is 5.97 Å². The fourth-order valence-corrected chi connectivity index (χ4v) is 2.81. The maximum Gasteiger partial charge on any atom is 0.309 e. The zero-order valence-electron chi connectivity index (χ0n) is 10.9. The van der Waals surface area contributed by atoms with E-state index in [0.717, 1.165) is 27.7 Å². The fraction of sp³-hybridized carbons (Fsp3) is 0.333. The Bertz CT molecular complexity index is 684. The van der Waals surface area contributed by atoms with Crippen LogP contribution in [0.2, 0.25) is 0 Å². The van der Waals surface area contributed by atoms with Crippen LogP contribution in [-0.2, 0) is 16.0 Å². The molecule has 0 amide bonds. The summed E-state index contributed by atoms with van der Waals surface area (Å²) >= 11 is 0. The number of carbonyl (C=O) groups excluding carboxylic acids is 2. The van der Waals surface area contributed by atoms with E-state index in [1.165, 1.54) is 7.11 Å². The zero-order chi connectivity index (χ0) is 13.6. The number of aromatic nitrogens is 1. The number of aromatic amines is 1. The summed E-state index contributed by atoms with van der Waals surface area (Å²) in [5.41, 5.74) is 3.68. The van der Waals surface area contributed by atoms with Gasteiger partial charge in [0.05, 0.1) is 13.0 Å². The normalized spacial score (nSPS) is 18.4. The van der Waals surface area contributed by atoms with Crippen LogP contribution in [0.4, 0.5) is 0 Å². The summed E-state index contributed by atoms with van der Waals surface area (Å²) in [6.45, 7) is 2.00. The number of H-pyrrole nitrogens is 1. The number of ether oxygens (including phenoxy) is 1. The molecule has 2 aromatic rings. The highest BCUT2D eigenvalue weighted by Crippen LogP contribution is 2.32. The smallest absolute Gasteiger partial charge is 0.309 e. The maximum absolute atomic E-state index is 12.3. The van der Waals surface area contributed by atoms with E-state index in [1.54, 1.807) is 0 Å². The predicted octanol–water partition coefficient (Wildman–Crippen LogP) is 2.39. The van der Waals surface area contributed by atoms with Gasteiger partial charge in [0.1, 0.15) is 0 Å². The first-order valence-corrected chi connectivity index (χ1v) is 6.32. The molecule has 1 N–H and O–H groups in total. The Balaban J connectivity index is 2.12. The minimum absolute atomic E-state index is 0.0218. The highest BCUT2D eigenvalue weighted by Gasteiger charge is 2.33. The summed E-state index contributed by atoms with van der Waals surface area (Å²) in [4.78, 5) is 27.1. The van der Waals surface area contributed by atoms with Crippen LogP contribution < -0.4 is 0 Å². The van der Waals surface area contributed by atoms with Crippen molar-refractivity contribution < 1.29 is 14.3 Å². The second-order valence-electron chi connectivity index (χ2n) is 5.08. The van der Waals surface area contributed by atoms with Gasteiger partial charge in [0.2, 0.25) is 0 Å². The summed E-state index contributed by atoms with van der Waals surface area (Å²) in [7, 11) is 1.36.